The van der Waals surface area contributed by atoms with Crippen LogP contribution >= 0.6 is 22.7 Å². The summed E-state index contributed by atoms with van der Waals surface area (Å²) in [4.78, 5) is 21.0. The van der Waals surface area contributed by atoms with Crippen molar-refractivity contribution < 1.29 is 9.32 Å². The second-order valence-electron chi connectivity index (χ2n) is 4.45. The first kappa shape index (κ1) is 14.7. The summed E-state index contributed by atoms with van der Waals surface area (Å²) in [7, 11) is 0. The summed E-state index contributed by atoms with van der Waals surface area (Å²) in [5.74, 6) is 0.834. The van der Waals surface area contributed by atoms with Gasteiger partial charge in [0.15, 0.2) is 11.0 Å². The third-order valence-electron chi connectivity index (χ3n) is 2.82. The van der Waals surface area contributed by atoms with Crippen LogP contribution in [0, 0.1) is 0 Å². The van der Waals surface area contributed by atoms with Crippen molar-refractivity contribution in [2.45, 2.75) is 19.4 Å². The zero-order chi connectivity index (χ0) is 15.4. The van der Waals surface area contributed by atoms with Crippen molar-refractivity contribution in [3.63, 3.8) is 0 Å². The lowest BCUT2D eigenvalue weighted by molar-refractivity contribution is -0.121. The van der Waals surface area contributed by atoms with E-state index >= 15 is 0 Å². The Morgan fingerprint density at radius 1 is 1.36 bits per heavy atom. The first-order chi connectivity index (χ1) is 10.7. The molecule has 0 unspecified atom stereocenters. The highest BCUT2D eigenvalue weighted by Gasteiger charge is 2.11. The lowest BCUT2D eigenvalue weighted by Crippen LogP contribution is -2.23. The number of rotatable bonds is 6. The number of anilines is 1. The van der Waals surface area contributed by atoms with E-state index in [-0.39, 0.29) is 12.5 Å². The van der Waals surface area contributed by atoms with Gasteiger partial charge in [-0.15, -0.1) is 22.7 Å². The van der Waals surface area contributed by atoms with Crippen molar-refractivity contribution >= 4 is 33.7 Å². The monoisotopic (exact) mass is 335 g/mol. The fourth-order valence-electron chi connectivity index (χ4n) is 1.77. The zero-order valence-electron chi connectivity index (χ0n) is 11.5. The summed E-state index contributed by atoms with van der Waals surface area (Å²) in [5.41, 5.74) is 6.37. The Hall–Kier alpha value is -2.26. The van der Waals surface area contributed by atoms with Crippen LogP contribution in [0.25, 0.3) is 10.8 Å². The SMILES string of the molecule is Nc1nc(CCC(=O)NCc2noc(-c3cccs3)n2)cs1. The molecule has 22 heavy (non-hydrogen) atoms. The third kappa shape index (κ3) is 3.68. The molecule has 0 spiro atoms. The minimum absolute atomic E-state index is 0.0888. The predicted octanol–water partition coefficient (Wildman–Crippen LogP) is 2.09. The fourth-order valence-corrected chi connectivity index (χ4v) is 3.01. The number of aryl methyl sites for hydroxylation is 1. The molecule has 0 aliphatic carbocycles. The van der Waals surface area contributed by atoms with Crippen LogP contribution in [0.15, 0.2) is 27.4 Å². The summed E-state index contributed by atoms with van der Waals surface area (Å²) in [6, 6.07) is 3.82. The van der Waals surface area contributed by atoms with Crippen molar-refractivity contribution in [1.29, 1.82) is 0 Å². The molecule has 0 saturated carbocycles. The lowest BCUT2D eigenvalue weighted by Gasteiger charge is -2.00. The maximum Gasteiger partial charge on any atom is 0.268 e. The van der Waals surface area contributed by atoms with E-state index in [1.807, 2.05) is 22.9 Å². The summed E-state index contributed by atoms with van der Waals surface area (Å²) in [6.07, 6.45) is 0.908. The van der Waals surface area contributed by atoms with Gasteiger partial charge in [0.05, 0.1) is 17.1 Å². The zero-order valence-corrected chi connectivity index (χ0v) is 13.1. The quantitative estimate of drug-likeness (QED) is 0.714. The van der Waals surface area contributed by atoms with Crippen LogP contribution in [0.2, 0.25) is 0 Å². The first-order valence-corrected chi connectivity index (χ1v) is 8.29. The number of hydrogen-bond donors (Lipinski definition) is 2. The number of aromatic nitrogens is 3. The van der Waals surface area contributed by atoms with Crippen molar-refractivity contribution in [2.24, 2.45) is 0 Å². The highest BCUT2D eigenvalue weighted by molar-refractivity contribution is 7.13. The summed E-state index contributed by atoms with van der Waals surface area (Å²) in [6.45, 7) is 0.243. The molecule has 0 aromatic carbocycles. The van der Waals surface area contributed by atoms with Crippen molar-refractivity contribution in [3.8, 4) is 10.8 Å². The van der Waals surface area contributed by atoms with Gasteiger partial charge in [-0.25, -0.2) is 4.98 Å². The van der Waals surface area contributed by atoms with Crippen molar-refractivity contribution in [1.82, 2.24) is 20.4 Å². The van der Waals surface area contributed by atoms with E-state index in [2.05, 4.69) is 20.4 Å². The number of nitrogens with zero attached hydrogens (tertiary/aromatic N) is 3. The van der Waals surface area contributed by atoms with E-state index in [1.165, 1.54) is 22.7 Å². The normalized spacial score (nSPS) is 10.7. The summed E-state index contributed by atoms with van der Waals surface area (Å²) >= 11 is 2.89. The number of thiazole rings is 1. The molecule has 3 heterocycles. The molecule has 3 aromatic heterocycles. The molecular weight excluding hydrogens is 322 g/mol. The van der Waals surface area contributed by atoms with Gasteiger partial charge < -0.3 is 15.6 Å². The third-order valence-corrected chi connectivity index (χ3v) is 4.40. The number of carbonyl (C=O) groups excluding carboxylic acids is 1. The van der Waals surface area contributed by atoms with Gasteiger partial charge in [0, 0.05) is 11.8 Å². The smallest absolute Gasteiger partial charge is 0.268 e. The van der Waals surface area contributed by atoms with Crippen molar-refractivity contribution in [3.05, 3.63) is 34.4 Å². The van der Waals surface area contributed by atoms with Gasteiger partial charge in [-0.1, -0.05) is 11.2 Å². The van der Waals surface area contributed by atoms with Gasteiger partial charge in [0.2, 0.25) is 5.91 Å². The highest BCUT2D eigenvalue weighted by atomic mass is 32.1. The van der Waals surface area contributed by atoms with Crippen LogP contribution < -0.4 is 11.1 Å². The van der Waals surface area contributed by atoms with Crippen LogP contribution in [0.3, 0.4) is 0 Å². The molecule has 3 aromatic rings. The highest BCUT2D eigenvalue weighted by Crippen LogP contribution is 2.22. The minimum atomic E-state index is -0.0888. The van der Waals surface area contributed by atoms with Gasteiger partial charge in [0.25, 0.3) is 5.89 Å². The second-order valence-corrected chi connectivity index (χ2v) is 6.28. The van der Waals surface area contributed by atoms with Gasteiger partial charge in [0.1, 0.15) is 0 Å². The molecular formula is C13H13N5O2S2. The maximum absolute atomic E-state index is 11.8. The van der Waals surface area contributed by atoms with E-state index in [1.54, 1.807) is 0 Å². The molecule has 0 radical (unpaired) electrons. The molecule has 0 aliphatic heterocycles. The van der Waals surface area contributed by atoms with Gasteiger partial charge >= 0.3 is 0 Å². The average molecular weight is 335 g/mol. The average Bonchev–Trinajstić information content (AvgIpc) is 3.23. The molecule has 9 heteroatoms. The number of hydrogen-bond acceptors (Lipinski definition) is 8. The Kier molecular flexibility index (Phi) is 4.45. The molecule has 7 nitrogen and oxygen atoms in total. The Morgan fingerprint density at radius 3 is 3.00 bits per heavy atom. The van der Waals surface area contributed by atoms with Crippen LogP contribution in [0.4, 0.5) is 5.13 Å². The minimum Gasteiger partial charge on any atom is -0.375 e. The largest absolute Gasteiger partial charge is 0.375 e. The van der Waals surface area contributed by atoms with Crippen LogP contribution in [-0.4, -0.2) is 21.0 Å². The standard InChI is InChI=1S/C13H13N5O2S2/c14-13-16-8(7-22-13)3-4-11(19)15-6-10-17-12(20-18-10)9-2-1-5-21-9/h1-2,5,7H,3-4,6H2,(H2,14,16)(H,15,19). The molecule has 0 aliphatic rings. The number of nitrogen functional groups attached to an aromatic ring is 1. The van der Waals surface area contributed by atoms with E-state index in [9.17, 15) is 4.79 Å². The lowest BCUT2D eigenvalue weighted by atomic mass is 10.2. The molecule has 0 atom stereocenters. The number of nitrogens with two attached hydrogens (primary N) is 1. The Morgan fingerprint density at radius 2 is 2.27 bits per heavy atom. The Labute approximate surface area is 134 Å². The maximum atomic E-state index is 11.8. The van der Waals surface area contributed by atoms with E-state index in [0.29, 0.717) is 29.7 Å². The van der Waals surface area contributed by atoms with Gasteiger partial charge in [-0.3, -0.25) is 4.79 Å². The Bertz CT molecular complexity index is 750. The van der Waals surface area contributed by atoms with Crippen molar-refractivity contribution in [2.75, 3.05) is 5.73 Å². The molecule has 3 N–H and O–H groups in total. The fraction of sp³-hybridized carbons (Fsp3) is 0.231. The molecule has 0 saturated heterocycles. The molecule has 3 rings (SSSR count). The topological polar surface area (TPSA) is 107 Å². The second kappa shape index (κ2) is 6.67. The van der Waals surface area contributed by atoms with Crippen LogP contribution in [0.5, 0.6) is 0 Å². The van der Waals surface area contributed by atoms with Crippen LogP contribution in [-0.2, 0) is 17.8 Å². The van der Waals surface area contributed by atoms with E-state index < -0.39 is 0 Å². The predicted molar refractivity (Wildman–Crippen MR) is 84.3 cm³/mol. The van der Waals surface area contributed by atoms with Crippen LogP contribution in [0.1, 0.15) is 17.9 Å². The Balaban J connectivity index is 1.47. The molecule has 0 bridgehead atoms. The number of nitrogens with one attached hydrogen (secondary N) is 1. The number of amides is 1. The van der Waals surface area contributed by atoms with Gasteiger partial charge in [-0.2, -0.15) is 4.98 Å². The molecule has 0 fully saturated rings. The van der Waals surface area contributed by atoms with E-state index in [0.717, 1.165) is 10.6 Å². The number of carbonyl (C=O) groups is 1. The molecule has 1 amide bonds. The first-order valence-electron chi connectivity index (χ1n) is 6.54. The van der Waals surface area contributed by atoms with Gasteiger partial charge in [-0.05, 0) is 17.9 Å². The summed E-state index contributed by atoms with van der Waals surface area (Å²) < 4.78 is 5.15. The molecule has 114 valence electrons. The number of thiophene rings is 1. The van der Waals surface area contributed by atoms with E-state index in [4.69, 9.17) is 10.3 Å². The summed E-state index contributed by atoms with van der Waals surface area (Å²) in [5, 5.41) is 10.9.